The zero-order chi connectivity index (χ0) is 18.7. The fraction of sp³-hybridized carbons (Fsp3) is 0.421. The van der Waals surface area contributed by atoms with Gasteiger partial charge in [0.05, 0.1) is 6.20 Å². The standard InChI is InChI=1S/C19H23N3O4/c1-14-5-6-16(13-20-14)26-19(18(24)25)7-11-22(12-8-19)17(23)15(2)21-9-3-4-10-21/h3-6,9-10,13,15H,7-8,11-12H2,1-2H3,(H,24,25). The zero-order valence-corrected chi connectivity index (χ0v) is 15.0. The molecule has 7 heteroatoms. The molecule has 2 aromatic heterocycles. The number of piperidine rings is 1. The molecular formula is C19H23N3O4. The number of amides is 1. The highest BCUT2D eigenvalue weighted by atomic mass is 16.5. The Bertz CT molecular complexity index is 763. The zero-order valence-electron chi connectivity index (χ0n) is 15.0. The Morgan fingerprint density at radius 1 is 1.23 bits per heavy atom. The van der Waals surface area contributed by atoms with E-state index in [2.05, 4.69) is 4.98 Å². The van der Waals surface area contributed by atoms with Crippen LogP contribution >= 0.6 is 0 Å². The Morgan fingerprint density at radius 2 is 1.88 bits per heavy atom. The van der Waals surface area contributed by atoms with Gasteiger partial charge in [0.25, 0.3) is 0 Å². The normalized spacial score (nSPS) is 17.5. The number of rotatable bonds is 5. The van der Waals surface area contributed by atoms with E-state index < -0.39 is 11.6 Å². The first kappa shape index (κ1) is 18.0. The van der Waals surface area contributed by atoms with Crippen LogP contribution in [0.4, 0.5) is 0 Å². The van der Waals surface area contributed by atoms with E-state index in [-0.39, 0.29) is 24.8 Å². The number of carboxylic acid groups (broad SMARTS) is 1. The van der Waals surface area contributed by atoms with Crippen LogP contribution in [-0.4, -0.2) is 50.1 Å². The molecule has 1 saturated heterocycles. The Labute approximate surface area is 152 Å². The van der Waals surface area contributed by atoms with Gasteiger partial charge in [0, 0.05) is 44.0 Å². The second-order valence-corrected chi connectivity index (χ2v) is 6.67. The monoisotopic (exact) mass is 357 g/mol. The first-order chi connectivity index (χ1) is 12.4. The lowest BCUT2D eigenvalue weighted by molar-refractivity contribution is -0.162. The minimum absolute atomic E-state index is 0.0165. The molecule has 0 aliphatic carbocycles. The smallest absolute Gasteiger partial charge is 0.348 e. The lowest BCUT2D eigenvalue weighted by Crippen LogP contribution is -2.55. The van der Waals surface area contributed by atoms with Crippen LogP contribution in [0.2, 0.25) is 0 Å². The van der Waals surface area contributed by atoms with Crippen LogP contribution in [0.25, 0.3) is 0 Å². The average Bonchev–Trinajstić information content (AvgIpc) is 3.17. The largest absolute Gasteiger partial charge is 0.478 e. The van der Waals surface area contributed by atoms with E-state index in [0.29, 0.717) is 18.8 Å². The van der Waals surface area contributed by atoms with Gasteiger partial charge < -0.3 is 19.3 Å². The van der Waals surface area contributed by atoms with Gasteiger partial charge >= 0.3 is 5.97 Å². The lowest BCUT2D eigenvalue weighted by Gasteiger charge is -2.39. The van der Waals surface area contributed by atoms with Gasteiger partial charge in [-0.15, -0.1) is 0 Å². The quantitative estimate of drug-likeness (QED) is 0.887. The SMILES string of the molecule is Cc1ccc(OC2(C(=O)O)CCN(C(=O)C(C)n3cccc3)CC2)cn1. The minimum Gasteiger partial charge on any atom is -0.478 e. The molecule has 7 nitrogen and oxygen atoms in total. The fourth-order valence-electron chi connectivity index (χ4n) is 3.19. The second-order valence-electron chi connectivity index (χ2n) is 6.67. The third kappa shape index (κ3) is 3.56. The van der Waals surface area contributed by atoms with E-state index in [1.807, 2.05) is 42.9 Å². The van der Waals surface area contributed by atoms with Crippen molar-refractivity contribution in [1.29, 1.82) is 0 Å². The Kier molecular flexibility index (Phi) is 4.97. The second kappa shape index (κ2) is 7.19. The molecule has 0 saturated carbocycles. The molecule has 1 fully saturated rings. The van der Waals surface area contributed by atoms with Crippen LogP contribution in [0, 0.1) is 6.92 Å². The predicted octanol–water partition coefficient (Wildman–Crippen LogP) is 2.28. The molecule has 3 heterocycles. The van der Waals surface area contributed by atoms with Crippen LogP contribution in [0.5, 0.6) is 5.75 Å². The van der Waals surface area contributed by atoms with Crippen molar-refractivity contribution in [2.75, 3.05) is 13.1 Å². The number of ether oxygens (including phenoxy) is 1. The molecule has 1 amide bonds. The van der Waals surface area contributed by atoms with Gasteiger partial charge in [-0.2, -0.15) is 0 Å². The molecular weight excluding hydrogens is 334 g/mol. The number of carboxylic acids is 1. The van der Waals surface area contributed by atoms with E-state index in [0.717, 1.165) is 5.69 Å². The highest BCUT2D eigenvalue weighted by molar-refractivity contribution is 5.82. The van der Waals surface area contributed by atoms with Crippen LogP contribution in [-0.2, 0) is 9.59 Å². The van der Waals surface area contributed by atoms with E-state index in [4.69, 9.17) is 4.74 Å². The van der Waals surface area contributed by atoms with Crippen molar-refractivity contribution in [3.63, 3.8) is 0 Å². The highest BCUT2D eigenvalue weighted by Crippen LogP contribution is 2.30. The summed E-state index contributed by atoms with van der Waals surface area (Å²) < 4.78 is 7.66. The number of aliphatic carboxylic acids is 1. The molecule has 0 spiro atoms. The van der Waals surface area contributed by atoms with Crippen LogP contribution < -0.4 is 4.74 Å². The summed E-state index contributed by atoms with van der Waals surface area (Å²) in [4.78, 5) is 30.4. The molecule has 0 bridgehead atoms. The van der Waals surface area contributed by atoms with Gasteiger partial charge in [-0.05, 0) is 38.1 Å². The molecule has 2 aromatic rings. The summed E-state index contributed by atoms with van der Waals surface area (Å²) in [7, 11) is 0. The number of carbonyl (C=O) groups excluding carboxylic acids is 1. The van der Waals surface area contributed by atoms with Crippen molar-refractivity contribution in [2.24, 2.45) is 0 Å². The first-order valence-electron chi connectivity index (χ1n) is 8.68. The molecule has 0 radical (unpaired) electrons. The maximum atomic E-state index is 12.7. The first-order valence-corrected chi connectivity index (χ1v) is 8.68. The third-order valence-corrected chi connectivity index (χ3v) is 4.90. The van der Waals surface area contributed by atoms with Gasteiger partial charge in [0.1, 0.15) is 11.8 Å². The van der Waals surface area contributed by atoms with Gasteiger partial charge in [0.15, 0.2) is 0 Å². The topological polar surface area (TPSA) is 84.7 Å². The van der Waals surface area contributed by atoms with E-state index in [1.54, 1.807) is 17.0 Å². The average molecular weight is 357 g/mol. The maximum absolute atomic E-state index is 12.7. The predicted molar refractivity (Wildman–Crippen MR) is 94.9 cm³/mol. The summed E-state index contributed by atoms with van der Waals surface area (Å²) in [5.74, 6) is -0.598. The van der Waals surface area contributed by atoms with E-state index in [1.165, 1.54) is 6.20 Å². The number of carbonyl (C=O) groups is 2. The van der Waals surface area contributed by atoms with Crippen LogP contribution in [0.1, 0.15) is 31.5 Å². The van der Waals surface area contributed by atoms with Crippen molar-refractivity contribution in [2.45, 2.75) is 38.3 Å². The van der Waals surface area contributed by atoms with Crippen molar-refractivity contribution in [1.82, 2.24) is 14.5 Å². The highest BCUT2D eigenvalue weighted by Gasteiger charge is 2.45. The van der Waals surface area contributed by atoms with Gasteiger partial charge in [-0.3, -0.25) is 9.78 Å². The Hall–Kier alpha value is -2.83. The van der Waals surface area contributed by atoms with Crippen molar-refractivity contribution < 1.29 is 19.4 Å². The van der Waals surface area contributed by atoms with Crippen molar-refractivity contribution in [3.8, 4) is 5.75 Å². The summed E-state index contributed by atoms with van der Waals surface area (Å²) in [6.07, 6.45) is 5.70. The molecule has 1 unspecified atom stereocenters. The summed E-state index contributed by atoms with van der Waals surface area (Å²) in [6.45, 7) is 4.38. The molecule has 138 valence electrons. The number of nitrogens with zero attached hydrogens (tertiary/aromatic N) is 3. The summed E-state index contributed by atoms with van der Waals surface area (Å²) >= 11 is 0. The number of likely N-dealkylation sites (tertiary alicyclic amines) is 1. The lowest BCUT2D eigenvalue weighted by atomic mass is 9.90. The summed E-state index contributed by atoms with van der Waals surface area (Å²) in [5, 5.41) is 9.74. The van der Waals surface area contributed by atoms with Gasteiger partial charge in [-0.25, -0.2) is 4.79 Å². The molecule has 3 rings (SSSR count). The molecule has 26 heavy (non-hydrogen) atoms. The van der Waals surface area contributed by atoms with Crippen LogP contribution in [0.15, 0.2) is 42.9 Å². The molecule has 0 aromatic carbocycles. The summed E-state index contributed by atoms with van der Waals surface area (Å²) in [5.41, 5.74) is -0.495. The Morgan fingerprint density at radius 3 is 2.42 bits per heavy atom. The number of hydrogen-bond acceptors (Lipinski definition) is 4. The van der Waals surface area contributed by atoms with E-state index in [9.17, 15) is 14.7 Å². The van der Waals surface area contributed by atoms with E-state index >= 15 is 0 Å². The summed E-state index contributed by atoms with van der Waals surface area (Å²) in [6, 6.07) is 6.93. The Balaban J connectivity index is 1.68. The number of pyridine rings is 1. The maximum Gasteiger partial charge on any atom is 0.348 e. The van der Waals surface area contributed by atoms with Gasteiger partial charge in [-0.1, -0.05) is 0 Å². The molecule has 1 aliphatic heterocycles. The molecule has 1 aliphatic rings. The molecule has 1 atom stereocenters. The van der Waals surface area contributed by atoms with Crippen molar-refractivity contribution >= 4 is 11.9 Å². The van der Waals surface area contributed by atoms with Crippen LogP contribution in [0.3, 0.4) is 0 Å². The minimum atomic E-state index is -1.33. The van der Waals surface area contributed by atoms with Gasteiger partial charge in [0.2, 0.25) is 11.5 Å². The van der Waals surface area contributed by atoms with Crippen molar-refractivity contribution in [3.05, 3.63) is 48.5 Å². The number of hydrogen-bond donors (Lipinski definition) is 1. The third-order valence-electron chi connectivity index (χ3n) is 4.90. The molecule has 1 N–H and O–H groups in total. The number of aromatic nitrogens is 2. The fourth-order valence-corrected chi connectivity index (χ4v) is 3.19. The number of aryl methyl sites for hydroxylation is 1.